The van der Waals surface area contributed by atoms with Gasteiger partial charge in [0.15, 0.2) is 5.78 Å². The van der Waals surface area contributed by atoms with Crippen molar-refractivity contribution in [3.05, 3.63) is 0 Å². The second kappa shape index (κ2) is 3.83. The summed E-state index contributed by atoms with van der Waals surface area (Å²) in [6.45, 7) is 7.09. The summed E-state index contributed by atoms with van der Waals surface area (Å²) in [7, 11) is 0. The molecule has 1 aliphatic carbocycles. The van der Waals surface area contributed by atoms with Crippen molar-refractivity contribution in [3.63, 3.8) is 0 Å². The SMILES string of the molecule is C[C@@H](C(=O)C1CC1)N(C(=O)O)C(C)(C)C. The van der Waals surface area contributed by atoms with Gasteiger partial charge in [0.2, 0.25) is 0 Å². The molecule has 0 radical (unpaired) electrons. The third-order valence-corrected chi connectivity index (χ3v) is 2.71. The first-order valence-corrected chi connectivity index (χ1v) is 5.31. The van der Waals surface area contributed by atoms with Crippen molar-refractivity contribution in [1.29, 1.82) is 0 Å². The predicted octanol–water partition coefficient (Wildman–Crippen LogP) is 2.13. The van der Waals surface area contributed by atoms with Gasteiger partial charge in [-0.3, -0.25) is 9.69 Å². The number of hydrogen-bond donors (Lipinski definition) is 1. The molecule has 1 saturated carbocycles. The Labute approximate surface area is 90.3 Å². The Morgan fingerprint density at radius 1 is 1.33 bits per heavy atom. The third kappa shape index (κ3) is 2.70. The maximum Gasteiger partial charge on any atom is 0.408 e. The van der Waals surface area contributed by atoms with Crippen molar-refractivity contribution in [3.8, 4) is 0 Å². The molecule has 0 unspecified atom stereocenters. The van der Waals surface area contributed by atoms with Crippen LogP contribution >= 0.6 is 0 Å². The predicted molar refractivity (Wildman–Crippen MR) is 56.8 cm³/mol. The molecule has 0 aromatic heterocycles. The Hall–Kier alpha value is -1.06. The molecule has 0 saturated heterocycles. The molecule has 0 aromatic rings. The number of nitrogens with zero attached hydrogens (tertiary/aromatic N) is 1. The van der Waals surface area contributed by atoms with Gasteiger partial charge in [-0.05, 0) is 40.5 Å². The summed E-state index contributed by atoms with van der Waals surface area (Å²) in [6.07, 6.45) is 0.811. The van der Waals surface area contributed by atoms with Gasteiger partial charge in [0.1, 0.15) is 0 Å². The highest BCUT2D eigenvalue weighted by Crippen LogP contribution is 2.33. The van der Waals surface area contributed by atoms with Crippen LogP contribution in [-0.2, 0) is 4.79 Å². The zero-order valence-electron chi connectivity index (χ0n) is 9.78. The highest BCUT2D eigenvalue weighted by Gasteiger charge is 2.40. The van der Waals surface area contributed by atoms with Crippen molar-refractivity contribution >= 4 is 11.9 Å². The Morgan fingerprint density at radius 2 is 1.80 bits per heavy atom. The maximum atomic E-state index is 11.8. The lowest BCUT2D eigenvalue weighted by atomic mass is 10.0. The lowest BCUT2D eigenvalue weighted by molar-refractivity contribution is -0.126. The molecule has 0 aromatic carbocycles. The standard InChI is InChI=1S/C11H19NO3/c1-7(9(13)8-5-6-8)12(10(14)15)11(2,3)4/h7-8H,5-6H2,1-4H3,(H,14,15)/t7-/m0/s1. The van der Waals surface area contributed by atoms with E-state index >= 15 is 0 Å². The minimum Gasteiger partial charge on any atom is -0.465 e. The van der Waals surface area contributed by atoms with Crippen LogP contribution in [0.15, 0.2) is 0 Å². The van der Waals surface area contributed by atoms with Crippen molar-refractivity contribution in [2.45, 2.75) is 52.1 Å². The third-order valence-electron chi connectivity index (χ3n) is 2.71. The molecular formula is C11H19NO3. The molecule has 1 rings (SSSR count). The average Bonchev–Trinajstić information content (AvgIpc) is 2.81. The van der Waals surface area contributed by atoms with Gasteiger partial charge >= 0.3 is 6.09 Å². The number of carboxylic acid groups (broad SMARTS) is 1. The van der Waals surface area contributed by atoms with Crippen LogP contribution in [0.4, 0.5) is 4.79 Å². The molecular weight excluding hydrogens is 194 g/mol. The molecule has 86 valence electrons. The van der Waals surface area contributed by atoms with E-state index in [4.69, 9.17) is 5.11 Å². The van der Waals surface area contributed by atoms with E-state index in [1.165, 1.54) is 4.90 Å². The number of amides is 1. The lowest BCUT2D eigenvalue weighted by Gasteiger charge is -2.37. The largest absolute Gasteiger partial charge is 0.465 e. The number of carbonyl (C=O) groups excluding carboxylic acids is 1. The van der Waals surface area contributed by atoms with E-state index in [2.05, 4.69) is 0 Å². The van der Waals surface area contributed by atoms with Crippen LogP contribution in [0.25, 0.3) is 0 Å². The van der Waals surface area contributed by atoms with Gasteiger partial charge in [-0.1, -0.05) is 0 Å². The van der Waals surface area contributed by atoms with E-state index in [0.29, 0.717) is 0 Å². The second-order valence-corrected chi connectivity index (χ2v) is 5.18. The van der Waals surface area contributed by atoms with Crippen LogP contribution < -0.4 is 0 Å². The van der Waals surface area contributed by atoms with E-state index in [-0.39, 0.29) is 11.7 Å². The molecule has 4 heteroatoms. The number of hydrogen-bond acceptors (Lipinski definition) is 2. The summed E-state index contributed by atoms with van der Waals surface area (Å²) < 4.78 is 0. The fourth-order valence-electron chi connectivity index (χ4n) is 1.87. The van der Waals surface area contributed by atoms with Crippen molar-refractivity contribution in [1.82, 2.24) is 4.90 Å². The molecule has 0 heterocycles. The van der Waals surface area contributed by atoms with Gasteiger partial charge in [0, 0.05) is 11.5 Å². The zero-order chi connectivity index (χ0) is 11.8. The smallest absolute Gasteiger partial charge is 0.408 e. The fourth-order valence-corrected chi connectivity index (χ4v) is 1.87. The first kappa shape index (κ1) is 12.0. The molecule has 1 fully saturated rings. The van der Waals surface area contributed by atoms with E-state index in [1.54, 1.807) is 27.7 Å². The average molecular weight is 213 g/mol. The molecule has 1 amide bonds. The van der Waals surface area contributed by atoms with E-state index in [1.807, 2.05) is 0 Å². The number of carbonyl (C=O) groups is 2. The molecule has 15 heavy (non-hydrogen) atoms. The molecule has 1 N–H and O–H groups in total. The zero-order valence-corrected chi connectivity index (χ0v) is 9.78. The summed E-state index contributed by atoms with van der Waals surface area (Å²) in [6, 6.07) is -0.532. The Kier molecular flexibility index (Phi) is 3.07. The number of Topliss-reactive ketones (excluding diaryl/α,β-unsaturated/α-hetero) is 1. The molecule has 4 nitrogen and oxygen atoms in total. The second-order valence-electron chi connectivity index (χ2n) is 5.18. The number of ketones is 1. The van der Waals surface area contributed by atoms with Crippen LogP contribution in [0.3, 0.4) is 0 Å². The topological polar surface area (TPSA) is 57.6 Å². The molecule has 1 aliphatic rings. The minimum atomic E-state index is -1.02. The summed E-state index contributed by atoms with van der Waals surface area (Å²) in [4.78, 5) is 24.1. The van der Waals surface area contributed by atoms with Crippen LogP contribution in [0.5, 0.6) is 0 Å². The van der Waals surface area contributed by atoms with Gasteiger partial charge in [-0.25, -0.2) is 4.79 Å². The van der Waals surface area contributed by atoms with Gasteiger partial charge in [0.05, 0.1) is 6.04 Å². The Bertz CT molecular complexity index is 276. The normalized spacial score (nSPS) is 18.4. The Balaban J connectivity index is 2.79. The van der Waals surface area contributed by atoms with Gasteiger partial charge < -0.3 is 5.11 Å². The molecule has 0 bridgehead atoms. The quantitative estimate of drug-likeness (QED) is 0.781. The highest BCUT2D eigenvalue weighted by atomic mass is 16.4. The van der Waals surface area contributed by atoms with Crippen molar-refractivity contribution < 1.29 is 14.7 Å². The first-order chi connectivity index (χ1) is 6.75. The fraction of sp³-hybridized carbons (Fsp3) is 0.818. The van der Waals surface area contributed by atoms with Crippen molar-refractivity contribution in [2.75, 3.05) is 0 Å². The first-order valence-electron chi connectivity index (χ1n) is 5.31. The molecule has 0 aliphatic heterocycles. The summed E-state index contributed by atoms with van der Waals surface area (Å²) in [5, 5.41) is 9.10. The maximum absolute atomic E-state index is 11.8. The van der Waals surface area contributed by atoms with Crippen molar-refractivity contribution in [2.24, 2.45) is 5.92 Å². The van der Waals surface area contributed by atoms with Gasteiger partial charge in [0.25, 0.3) is 0 Å². The van der Waals surface area contributed by atoms with E-state index in [9.17, 15) is 9.59 Å². The summed E-state index contributed by atoms with van der Waals surface area (Å²) in [5.74, 6) is 0.163. The monoisotopic (exact) mass is 213 g/mol. The summed E-state index contributed by atoms with van der Waals surface area (Å²) >= 11 is 0. The summed E-state index contributed by atoms with van der Waals surface area (Å²) in [5.41, 5.74) is -0.532. The van der Waals surface area contributed by atoms with E-state index in [0.717, 1.165) is 12.8 Å². The lowest BCUT2D eigenvalue weighted by Crippen LogP contribution is -2.53. The van der Waals surface area contributed by atoms with Crippen LogP contribution in [0, 0.1) is 5.92 Å². The molecule has 0 spiro atoms. The van der Waals surface area contributed by atoms with Gasteiger partial charge in [-0.2, -0.15) is 0 Å². The van der Waals surface area contributed by atoms with Crippen LogP contribution in [0.1, 0.15) is 40.5 Å². The number of rotatable bonds is 3. The van der Waals surface area contributed by atoms with E-state index < -0.39 is 17.7 Å². The highest BCUT2D eigenvalue weighted by molar-refractivity contribution is 5.90. The van der Waals surface area contributed by atoms with Crippen LogP contribution in [-0.4, -0.2) is 33.5 Å². The Morgan fingerprint density at radius 3 is 2.07 bits per heavy atom. The molecule has 1 atom stereocenters. The minimum absolute atomic E-state index is 0.0623. The van der Waals surface area contributed by atoms with Crippen LogP contribution in [0.2, 0.25) is 0 Å². The van der Waals surface area contributed by atoms with Gasteiger partial charge in [-0.15, -0.1) is 0 Å².